The van der Waals surface area contributed by atoms with Crippen molar-refractivity contribution in [3.63, 3.8) is 0 Å². The first-order chi connectivity index (χ1) is 15.9. The van der Waals surface area contributed by atoms with Gasteiger partial charge in [0.2, 0.25) is 21.8 Å². The van der Waals surface area contributed by atoms with Gasteiger partial charge in [-0.05, 0) is 69.2 Å². The summed E-state index contributed by atoms with van der Waals surface area (Å²) in [6, 6.07) is 13.3. The number of nitrogens with zero attached hydrogens (tertiary/aromatic N) is 2. The van der Waals surface area contributed by atoms with Gasteiger partial charge in [0.25, 0.3) is 0 Å². The highest BCUT2D eigenvalue weighted by Gasteiger charge is 2.27. The number of amides is 2. The molecule has 0 aromatic heterocycles. The third kappa shape index (κ3) is 8.60. The van der Waals surface area contributed by atoms with Crippen molar-refractivity contribution in [3.05, 3.63) is 63.6 Å². The topological polar surface area (TPSA) is 86.8 Å². The lowest BCUT2D eigenvalue weighted by Gasteiger charge is -2.30. The Kier molecular flexibility index (Phi) is 10.4. The molecule has 0 fully saturated rings. The second-order valence-corrected chi connectivity index (χ2v) is 11.7. The molecular formula is C24H31BrClN3O4S. The van der Waals surface area contributed by atoms with Gasteiger partial charge in [0.1, 0.15) is 6.04 Å². The zero-order valence-electron chi connectivity index (χ0n) is 19.8. The third-order valence-electron chi connectivity index (χ3n) is 5.13. The minimum absolute atomic E-state index is 0.0534. The first-order valence-corrected chi connectivity index (χ1v) is 14.0. The molecule has 0 spiro atoms. The van der Waals surface area contributed by atoms with Crippen LogP contribution >= 0.6 is 27.5 Å². The van der Waals surface area contributed by atoms with Crippen molar-refractivity contribution in [2.45, 2.75) is 52.2 Å². The predicted octanol–water partition coefficient (Wildman–Crippen LogP) is 4.59. The molecule has 0 radical (unpaired) electrons. The molecule has 7 nitrogen and oxygen atoms in total. The Morgan fingerprint density at radius 3 is 2.15 bits per heavy atom. The Morgan fingerprint density at radius 1 is 1.03 bits per heavy atom. The third-order valence-corrected chi connectivity index (χ3v) is 7.11. The highest BCUT2D eigenvalue weighted by Crippen LogP contribution is 2.21. The molecule has 0 aliphatic heterocycles. The van der Waals surface area contributed by atoms with E-state index in [1.54, 1.807) is 31.2 Å². The second-order valence-electron chi connectivity index (χ2n) is 8.40. The number of nitrogens with one attached hydrogen (secondary N) is 1. The molecule has 0 aliphatic carbocycles. The van der Waals surface area contributed by atoms with Crippen molar-refractivity contribution in [2.24, 2.45) is 0 Å². The number of carbonyl (C=O) groups excluding carboxylic acids is 2. The summed E-state index contributed by atoms with van der Waals surface area (Å²) in [5.74, 6) is -0.460. The van der Waals surface area contributed by atoms with Crippen LogP contribution in [0.4, 0.5) is 5.69 Å². The minimum Gasteiger partial charge on any atom is -0.352 e. The molecule has 0 bridgehead atoms. The van der Waals surface area contributed by atoms with E-state index < -0.39 is 16.1 Å². The van der Waals surface area contributed by atoms with Crippen molar-refractivity contribution in [1.29, 1.82) is 0 Å². The predicted molar refractivity (Wildman–Crippen MR) is 140 cm³/mol. The summed E-state index contributed by atoms with van der Waals surface area (Å²) in [5.41, 5.74) is 1.37. The molecule has 2 aromatic carbocycles. The van der Waals surface area contributed by atoms with Gasteiger partial charge in [0, 0.05) is 35.0 Å². The van der Waals surface area contributed by atoms with Gasteiger partial charge in [0.05, 0.1) is 11.9 Å². The molecule has 0 saturated carbocycles. The molecule has 34 heavy (non-hydrogen) atoms. The Bertz CT molecular complexity index is 1080. The van der Waals surface area contributed by atoms with Crippen LogP contribution in [0, 0.1) is 0 Å². The van der Waals surface area contributed by atoms with Crippen LogP contribution in [0.25, 0.3) is 0 Å². The Hall–Kier alpha value is -2.10. The van der Waals surface area contributed by atoms with Crippen LogP contribution < -0.4 is 9.62 Å². The van der Waals surface area contributed by atoms with Crippen molar-refractivity contribution in [3.8, 4) is 0 Å². The molecule has 2 amide bonds. The zero-order valence-corrected chi connectivity index (χ0v) is 23.0. The van der Waals surface area contributed by atoms with Crippen molar-refractivity contribution in [2.75, 3.05) is 17.1 Å². The summed E-state index contributed by atoms with van der Waals surface area (Å²) in [6.07, 6.45) is 1.51. The molecule has 0 saturated heterocycles. The molecule has 186 valence electrons. The highest BCUT2D eigenvalue weighted by atomic mass is 79.9. The SMILES string of the molecule is CC(C)NC(=O)C(C)N(Cc1ccc(Br)cc1)C(=O)CCCN(c1ccc(Cl)cc1)S(C)(=O)=O. The molecule has 0 aliphatic rings. The fraction of sp³-hybridized carbons (Fsp3) is 0.417. The van der Waals surface area contributed by atoms with Crippen molar-refractivity contribution < 1.29 is 18.0 Å². The van der Waals surface area contributed by atoms with E-state index in [-0.39, 0.29) is 37.4 Å². The second kappa shape index (κ2) is 12.6. The number of benzene rings is 2. The van der Waals surface area contributed by atoms with Gasteiger partial charge in [-0.3, -0.25) is 13.9 Å². The Morgan fingerprint density at radius 2 is 1.62 bits per heavy atom. The molecule has 1 N–H and O–H groups in total. The first kappa shape index (κ1) is 28.1. The van der Waals surface area contributed by atoms with Crippen molar-refractivity contribution in [1.82, 2.24) is 10.2 Å². The summed E-state index contributed by atoms with van der Waals surface area (Å²) in [5, 5.41) is 3.36. The monoisotopic (exact) mass is 571 g/mol. The van der Waals surface area contributed by atoms with E-state index >= 15 is 0 Å². The van der Waals surface area contributed by atoms with Crippen LogP contribution in [0.15, 0.2) is 53.0 Å². The number of hydrogen-bond acceptors (Lipinski definition) is 4. The summed E-state index contributed by atoms with van der Waals surface area (Å²) in [6.45, 7) is 5.83. The number of carbonyl (C=O) groups is 2. The minimum atomic E-state index is -3.55. The maximum atomic E-state index is 13.2. The van der Waals surface area contributed by atoms with Gasteiger partial charge in [0.15, 0.2) is 0 Å². The molecular weight excluding hydrogens is 542 g/mol. The molecule has 2 aromatic rings. The van der Waals surface area contributed by atoms with E-state index in [2.05, 4.69) is 21.2 Å². The van der Waals surface area contributed by atoms with E-state index in [1.165, 1.54) is 9.21 Å². The summed E-state index contributed by atoms with van der Waals surface area (Å²) in [4.78, 5) is 27.4. The first-order valence-electron chi connectivity index (χ1n) is 11.0. The maximum absolute atomic E-state index is 13.2. The van der Waals surface area contributed by atoms with Crippen LogP contribution in [-0.2, 0) is 26.2 Å². The number of rotatable bonds is 11. The van der Waals surface area contributed by atoms with Crippen LogP contribution in [0.1, 0.15) is 39.2 Å². The highest BCUT2D eigenvalue weighted by molar-refractivity contribution is 9.10. The van der Waals surface area contributed by atoms with Crippen LogP contribution in [-0.4, -0.2) is 50.0 Å². The lowest BCUT2D eigenvalue weighted by atomic mass is 10.1. The lowest BCUT2D eigenvalue weighted by molar-refractivity contribution is -0.140. The van der Waals surface area contributed by atoms with Crippen LogP contribution in [0.5, 0.6) is 0 Å². The van der Waals surface area contributed by atoms with Crippen LogP contribution in [0.2, 0.25) is 5.02 Å². The van der Waals surface area contributed by atoms with Gasteiger partial charge in [-0.15, -0.1) is 0 Å². The zero-order chi connectivity index (χ0) is 25.5. The smallest absolute Gasteiger partial charge is 0.242 e. The van der Waals surface area contributed by atoms with Gasteiger partial charge in [-0.2, -0.15) is 0 Å². The molecule has 1 unspecified atom stereocenters. The molecule has 1 atom stereocenters. The fourth-order valence-electron chi connectivity index (χ4n) is 3.39. The quantitative estimate of drug-likeness (QED) is 0.427. The van der Waals surface area contributed by atoms with Gasteiger partial charge < -0.3 is 10.2 Å². The summed E-state index contributed by atoms with van der Waals surface area (Å²) in [7, 11) is -3.55. The van der Waals surface area contributed by atoms with Crippen LogP contribution in [0.3, 0.4) is 0 Å². The Balaban J connectivity index is 2.15. The van der Waals surface area contributed by atoms with Crippen molar-refractivity contribution >= 4 is 55.1 Å². The van der Waals surface area contributed by atoms with E-state index in [0.29, 0.717) is 17.1 Å². The fourth-order valence-corrected chi connectivity index (χ4v) is 4.74. The number of anilines is 1. The summed E-state index contributed by atoms with van der Waals surface area (Å²) < 4.78 is 26.8. The average molecular weight is 573 g/mol. The van der Waals surface area contributed by atoms with Gasteiger partial charge in [-0.25, -0.2) is 8.42 Å². The lowest BCUT2D eigenvalue weighted by Crippen LogP contribution is -2.49. The van der Waals surface area contributed by atoms with Gasteiger partial charge in [-0.1, -0.05) is 39.7 Å². The number of halogens is 2. The molecule has 2 rings (SSSR count). The summed E-state index contributed by atoms with van der Waals surface area (Å²) >= 11 is 9.32. The number of hydrogen-bond donors (Lipinski definition) is 1. The normalized spacial score (nSPS) is 12.3. The van der Waals surface area contributed by atoms with E-state index in [0.717, 1.165) is 16.3 Å². The standard InChI is InChI=1S/C24H31BrClN3O4S/c1-17(2)27-24(31)18(3)28(16-19-7-9-20(25)10-8-19)23(30)6-5-15-29(34(4,32)33)22-13-11-21(26)12-14-22/h7-14,17-18H,5-6,15-16H2,1-4H3,(H,27,31). The van der Waals surface area contributed by atoms with E-state index in [9.17, 15) is 18.0 Å². The van der Waals surface area contributed by atoms with Gasteiger partial charge >= 0.3 is 0 Å². The Labute approximate surface area is 215 Å². The molecule has 10 heteroatoms. The maximum Gasteiger partial charge on any atom is 0.242 e. The number of sulfonamides is 1. The molecule has 0 heterocycles. The largest absolute Gasteiger partial charge is 0.352 e. The van der Waals surface area contributed by atoms with E-state index in [1.807, 2.05) is 38.1 Å². The average Bonchev–Trinajstić information content (AvgIpc) is 2.75. The van der Waals surface area contributed by atoms with E-state index in [4.69, 9.17) is 11.6 Å².